The molecule has 0 aliphatic rings. The Hall–Kier alpha value is -0.990. The van der Waals surface area contributed by atoms with Gasteiger partial charge in [0.15, 0.2) is 17.5 Å². The Bertz CT molecular complexity index is 259. The average Bonchev–Trinajstić information content (AvgIpc) is 2.18. The van der Waals surface area contributed by atoms with E-state index in [-0.39, 0.29) is 0 Å². The van der Waals surface area contributed by atoms with Gasteiger partial charge in [-0.3, -0.25) is 0 Å². The summed E-state index contributed by atoms with van der Waals surface area (Å²) in [5, 5.41) is 0. The Balaban J connectivity index is 0.000000791. The van der Waals surface area contributed by atoms with Crippen molar-refractivity contribution in [2.24, 2.45) is 0 Å². The zero-order valence-electron chi connectivity index (χ0n) is 8.70. The lowest BCUT2D eigenvalue weighted by Gasteiger charge is -2.00. The molecular formula is C11H15F3. The van der Waals surface area contributed by atoms with Gasteiger partial charge in [-0.05, 0) is 24.1 Å². The Morgan fingerprint density at radius 2 is 1.43 bits per heavy atom. The lowest BCUT2D eigenvalue weighted by molar-refractivity contribution is 0.445. The zero-order chi connectivity index (χ0) is 11.1. The lowest BCUT2D eigenvalue weighted by atomic mass is 10.1. The van der Waals surface area contributed by atoms with Gasteiger partial charge in [-0.15, -0.1) is 0 Å². The van der Waals surface area contributed by atoms with Gasteiger partial charge in [0.05, 0.1) is 0 Å². The molecule has 0 heterocycles. The van der Waals surface area contributed by atoms with Gasteiger partial charge in [-0.2, -0.15) is 0 Å². The minimum Gasteiger partial charge on any atom is -0.204 e. The van der Waals surface area contributed by atoms with Gasteiger partial charge in [0.1, 0.15) is 0 Å². The van der Waals surface area contributed by atoms with Crippen LogP contribution in [0.3, 0.4) is 0 Å². The largest absolute Gasteiger partial charge is 0.204 e. The quantitative estimate of drug-likeness (QED) is 0.637. The first-order valence-electron chi connectivity index (χ1n) is 4.78. The maximum Gasteiger partial charge on any atom is 0.194 e. The SMILES string of the molecule is CC.CCCc1cc(F)c(F)c(F)c1. The van der Waals surface area contributed by atoms with E-state index < -0.39 is 17.5 Å². The third kappa shape index (κ3) is 3.40. The summed E-state index contributed by atoms with van der Waals surface area (Å²) in [6.45, 7) is 5.89. The van der Waals surface area contributed by atoms with E-state index in [4.69, 9.17) is 0 Å². The maximum atomic E-state index is 12.5. The summed E-state index contributed by atoms with van der Waals surface area (Å²) < 4.78 is 37.5. The van der Waals surface area contributed by atoms with Gasteiger partial charge in [-0.25, -0.2) is 13.2 Å². The van der Waals surface area contributed by atoms with Crippen LogP contribution in [0.1, 0.15) is 32.8 Å². The fourth-order valence-corrected chi connectivity index (χ4v) is 1.04. The molecule has 80 valence electrons. The highest BCUT2D eigenvalue weighted by Gasteiger charge is 2.09. The highest BCUT2D eigenvalue weighted by atomic mass is 19.2. The third-order valence-corrected chi connectivity index (χ3v) is 1.58. The van der Waals surface area contributed by atoms with Crippen LogP contribution >= 0.6 is 0 Å². The molecule has 0 radical (unpaired) electrons. The van der Waals surface area contributed by atoms with Crippen LogP contribution in [0.5, 0.6) is 0 Å². The van der Waals surface area contributed by atoms with Gasteiger partial charge >= 0.3 is 0 Å². The van der Waals surface area contributed by atoms with Crippen LogP contribution in [0.4, 0.5) is 13.2 Å². The molecule has 0 atom stereocenters. The maximum absolute atomic E-state index is 12.5. The first kappa shape index (κ1) is 13.0. The molecule has 3 heteroatoms. The van der Waals surface area contributed by atoms with Crippen molar-refractivity contribution in [2.45, 2.75) is 33.6 Å². The molecule has 0 N–H and O–H groups in total. The molecule has 0 spiro atoms. The second kappa shape index (κ2) is 6.46. The van der Waals surface area contributed by atoms with Crippen molar-refractivity contribution in [3.63, 3.8) is 0 Å². The van der Waals surface area contributed by atoms with Crippen molar-refractivity contribution in [3.8, 4) is 0 Å². The van der Waals surface area contributed by atoms with Crippen molar-refractivity contribution in [3.05, 3.63) is 35.1 Å². The molecule has 14 heavy (non-hydrogen) atoms. The molecule has 1 aromatic carbocycles. The molecular weight excluding hydrogens is 189 g/mol. The summed E-state index contributed by atoms with van der Waals surface area (Å²) >= 11 is 0. The molecule has 0 bridgehead atoms. The summed E-state index contributed by atoms with van der Waals surface area (Å²) in [7, 11) is 0. The lowest BCUT2D eigenvalue weighted by Crippen LogP contribution is -1.94. The van der Waals surface area contributed by atoms with Crippen LogP contribution in [0, 0.1) is 17.5 Å². The number of rotatable bonds is 2. The predicted molar refractivity (Wildman–Crippen MR) is 51.7 cm³/mol. The van der Waals surface area contributed by atoms with E-state index in [1.165, 1.54) is 0 Å². The molecule has 1 rings (SSSR count). The molecule has 0 fully saturated rings. The van der Waals surface area contributed by atoms with Crippen LogP contribution in [0.25, 0.3) is 0 Å². The van der Waals surface area contributed by atoms with Gasteiger partial charge in [-0.1, -0.05) is 27.2 Å². The van der Waals surface area contributed by atoms with E-state index in [1.807, 2.05) is 20.8 Å². The second-order valence-electron chi connectivity index (χ2n) is 2.62. The molecule has 1 aromatic rings. The van der Waals surface area contributed by atoms with Crippen molar-refractivity contribution >= 4 is 0 Å². The van der Waals surface area contributed by atoms with Crippen molar-refractivity contribution in [2.75, 3.05) is 0 Å². The Kier molecular flexibility index (Phi) is 6.00. The fraction of sp³-hybridized carbons (Fsp3) is 0.455. The van der Waals surface area contributed by atoms with Crippen LogP contribution in [0.15, 0.2) is 12.1 Å². The highest BCUT2D eigenvalue weighted by molar-refractivity contribution is 5.19. The number of benzene rings is 1. The number of aryl methyl sites for hydroxylation is 1. The topological polar surface area (TPSA) is 0 Å². The van der Waals surface area contributed by atoms with Crippen molar-refractivity contribution in [1.29, 1.82) is 0 Å². The van der Waals surface area contributed by atoms with E-state index in [0.717, 1.165) is 18.6 Å². The molecule has 0 saturated heterocycles. The first-order chi connectivity index (χ1) is 6.65. The van der Waals surface area contributed by atoms with E-state index >= 15 is 0 Å². The molecule has 0 aromatic heterocycles. The van der Waals surface area contributed by atoms with Gasteiger partial charge in [0, 0.05) is 0 Å². The molecule has 0 aliphatic heterocycles. The standard InChI is InChI=1S/C9H9F3.C2H6/c1-2-3-6-4-7(10)9(12)8(11)5-6;1-2/h4-5H,2-3H2,1H3;1-2H3. The van der Waals surface area contributed by atoms with Crippen molar-refractivity contribution in [1.82, 2.24) is 0 Å². The summed E-state index contributed by atoms with van der Waals surface area (Å²) in [5.74, 6) is -3.62. The van der Waals surface area contributed by atoms with Gasteiger partial charge < -0.3 is 0 Å². The zero-order valence-corrected chi connectivity index (χ0v) is 8.70. The Morgan fingerprint density at radius 3 is 1.79 bits per heavy atom. The van der Waals surface area contributed by atoms with E-state index in [1.54, 1.807) is 0 Å². The Morgan fingerprint density at radius 1 is 1.00 bits per heavy atom. The second-order valence-corrected chi connectivity index (χ2v) is 2.62. The predicted octanol–water partition coefficient (Wildman–Crippen LogP) is 4.08. The van der Waals surface area contributed by atoms with Gasteiger partial charge in [0.2, 0.25) is 0 Å². The number of hydrogen-bond acceptors (Lipinski definition) is 0. The number of hydrogen-bond donors (Lipinski definition) is 0. The third-order valence-electron chi connectivity index (χ3n) is 1.58. The van der Waals surface area contributed by atoms with Crippen LogP contribution in [0.2, 0.25) is 0 Å². The molecule has 0 saturated carbocycles. The van der Waals surface area contributed by atoms with Gasteiger partial charge in [0.25, 0.3) is 0 Å². The van der Waals surface area contributed by atoms with E-state index in [2.05, 4.69) is 0 Å². The summed E-state index contributed by atoms with van der Waals surface area (Å²) in [5.41, 5.74) is 0.494. The molecule has 0 amide bonds. The fourth-order valence-electron chi connectivity index (χ4n) is 1.04. The monoisotopic (exact) mass is 204 g/mol. The summed E-state index contributed by atoms with van der Waals surface area (Å²) in [6, 6.07) is 2.06. The van der Waals surface area contributed by atoms with E-state index in [0.29, 0.717) is 12.0 Å². The molecule has 0 unspecified atom stereocenters. The Labute approximate surface area is 82.8 Å². The summed E-state index contributed by atoms with van der Waals surface area (Å²) in [4.78, 5) is 0. The van der Waals surface area contributed by atoms with Crippen LogP contribution < -0.4 is 0 Å². The van der Waals surface area contributed by atoms with Crippen molar-refractivity contribution < 1.29 is 13.2 Å². The van der Waals surface area contributed by atoms with Crippen LogP contribution in [-0.4, -0.2) is 0 Å². The minimum atomic E-state index is -1.39. The normalized spacial score (nSPS) is 9.29. The first-order valence-corrected chi connectivity index (χ1v) is 4.78. The van der Waals surface area contributed by atoms with Crippen LogP contribution in [-0.2, 0) is 6.42 Å². The smallest absolute Gasteiger partial charge is 0.194 e. The summed E-state index contributed by atoms with van der Waals surface area (Å²) in [6.07, 6.45) is 1.35. The highest BCUT2D eigenvalue weighted by Crippen LogP contribution is 2.14. The van der Waals surface area contributed by atoms with E-state index in [9.17, 15) is 13.2 Å². The average molecular weight is 204 g/mol. The minimum absolute atomic E-state index is 0.494. The molecule has 0 nitrogen and oxygen atoms in total. The molecule has 0 aliphatic carbocycles. The number of halogens is 3.